The van der Waals surface area contributed by atoms with Crippen LogP contribution in [0, 0.1) is 17.8 Å². The molecule has 9 unspecified atom stereocenters. The largest absolute Gasteiger partial charge is 0.380 e. The van der Waals surface area contributed by atoms with Gasteiger partial charge in [-0.2, -0.15) is 0 Å². The Balaban J connectivity index is 1.71. The Kier molecular flexibility index (Phi) is 5.84. The van der Waals surface area contributed by atoms with Crippen LogP contribution in [0.15, 0.2) is 0 Å². The highest BCUT2D eigenvalue weighted by molar-refractivity contribution is 6.22. The number of halogens is 1. The van der Waals surface area contributed by atoms with E-state index in [1.54, 1.807) is 21.3 Å². The van der Waals surface area contributed by atoms with E-state index in [1.165, 1.54) is 0 Å². The molecule has 7 heteroatoms. The molecule has 28 heavy (non-hydrogen) atoms. The molecule has 160 valence electrons. The van der Waals surface area contributed by atoms with Crippen molar-refractivity contribution in [2.24, 2.45) is 17.8 Å². The number of hydrogen-bond acceptors (Lipinski definition) is 6. The fourth-order valence-electron chi connectivity index (χ4n) is 6.49. The number of Topliss-reactive ketones (excluding diaryl/α,β-unsaturated/α-hetero) is 1. The van der Waals surface area contributed by atoms with Crippen molar-refractivity contribution in [2.45, 2.75) is 87.0 Å². The van der Waals surface area contributed by atoms with Crippen molar-refractivity contribution in [3.05, 3.63) is 0 Å². The highest BCUT2D eigenvalue weighted by Crippen LogP contribution is 2.54. The van der Waals surface area contributed by atoms with E-state index < -0.39 is 11.7 Å². The van der Waals surface area contributed by atoms with Crippen molar-refractivity contribution < 1.29 is 23.7 Å². The summed E-state index contributed by atoms with van der Waals surface area (Å²) in [6, 6.07) is 0.848. The zero-order valence-corrected chi connectivity index (χ0v) is 18.3. The van der Waals surface area contributed by atoms with E-state index in [-0.39, 0.29) is 47.2 Å². The Morgan fingerprint density at radius 3 is 2.43 bits per heavy atom. The van der Waals surface area contributed by atoms with Crippen molar-refractivity contribution >= 4 is 17.4 Å². The average molecular weight is 416 g/mol. The molecule has 2 saturated carbocycles. The van der Waals surface area contributed by atoms with Gasteiger partial charge in [0.05, 0.1) is 35.7 Å². The third-order valence-corrected chi connectivity index (χ3v) is 8.40. The van der Waals surface area contributed by atoms with Gasteiger partial charge in [0.2, 0.25) is 0 Å². The minimum atomic E-state index is -0.958. The average Bonchev–Trinajstić information content (AvgIpc) is 2.99. The Morgan fingerprint density at radius 2 is 1.79 bits per heavy atom. The number of nitrogens with one attached hydrogen (secondary N) is 1. The van der Waals surface area contributed by atoms with Gasteiger partial charge in [-0.15, -0.1) is 11.6 Å². The molecule has 0 aromatic rings. The quantitative estimate of drug-likeness (QED) is 0.712. The molecule has 2 saturated heterocycles. The van der Waals surface area contributed by atoms with Crippen LogP contribution in [0.2, 0.25) is 0 Å². The van der Waals surface area contributed by atoms with E-state index >= 15 is 0 Å². The number of piperidine rings is 1. The molecule has 0 amide bonds. The van der Waals surface area contributed by atoms with Gasteiger partial charge in [0.15, 0.2) is 11.4 Å². The van der Waals surface area contributed by atoms with Gasteiger partial charge in [-0.1, -0.05) is 6.92 Å². The van der Waals surface area contributed by atoms with Crippen molar-refractivity contribution in [3.63, 3.8) is 0 Å². The van der Waals surface area contributed by atoms with Gasteiger partial charge in [0.1, 0.15) is 0 Å². The van der Waals surface area contributed by atoms with E-state index in [2.05, 4.69) is 19.2 Å². The number of fused-ring (bicyclic) bond motifs is 2. The zero-order valence-electron chi connectivity index (χ0n) is 17.5. The summed E-state index contributed by atoms with van der Waals surface area (Å²) in [7, 11) is 5.02. The summed E-state index contributed by atoms with van der Waals surface area (Å²) in [5.41, 5.74) is -0.958. The first-order valence-electron chi connectivity index (χ1n) is 10.6. The predicted octanol–water partition coefficient (Wildman–Crippen LogP) is 2.16. The standard InChI is InChI=1S/C21H34ClNO5/c1-10-8-13-12(7-6-11(2)23-13)20(27-5)21(10)19(24)16-14(25-3)9-15(26-4)17(22)18(16)28-21/h10-18,20,23H,6-9H2,1-5H3/t10-,11?,12?,13?,14?,15?,16?,17?,18?,20?,21-/m1/s1. The first kappa shape index (κ1) is 21.0. The van der Waals surface area contributed by atoms with Gasteiger partial charge in [0.25, 0.3) is 0 Å². The molecule has 0 aromatic heterocycles. The lowest BCUT2D eigenvalue weighted by Crippen LogP contribution is -2.67. The monoisotopic (exact) mass is 415 g/mol. The lowest BCUT2D eigenvalue weighted by molar-refractivity contribution is -0.206. The maximum absolute atomic E-state index is 13.9. The van der Waals surface area contributed by atoms with Gasteiger partial charge >= 0.3 is 0 Å². The van der Waals surface area contributed by atoms with Crippen LogP contribution in [0.3, 0.4) is 0 Å². The highest BCUT2D eigenvalue weighted by Gasteiger charge is 2.69. The third-order valence-electron chi connectivity index (χ3n) is 7.87. The van der Waals surface area contributed by atoms with Gasteiger partial charge in [-0.05, 0) is 32.1 Å². The second-order valence-electron chi connectivity index (χ2n) is 9.20. The highest BCUT2D eigenvalue weighted by atomic mass is 35.5. The van der Waals surface area contributed by atoms with Crippen LogP contribution >= 0.6 is 11.6 Å². The lowest BCUT2D eigenvalue weighted by atomic mass is 9.61. The minimum absolute atomic E-state index is 0.0389. The SMILES string of the molecule is COC1CC(OC)C2C(=O)[C@@]3(OC2C1Cl)C(OC)C1CCC(C)NC1C[C@H]3C. The number of methoxy groups -OCH3 is 3. The first-order chi connectivity index (χ1) is 13.4. The molecule has 0 radical (unpaired) electrons. The van der Waals surface area contributed by atoms with Crippen LogP contribution < -0.4 is 5.32 Å². The van der Waals surface area contributed by atoms with Crippen molar-refractivity contribution in [2.75, 3.05) is 21.3 Å². The molecule has 6 nitrogen and oxygen atoms in total. The summed E-state index contributed by atoms with van der Waals surface area (Å²) >= 11 is 6.76. The topological polar surface area (TPSA) is 66.0 Å². The normalized spacial score (nSPS) is 53.9. The molecule has 2 aliphatic heterocycles. The Morgan fingerprint density at radius 1 is 1.07 bits per heavy atom. The van der Waals surface area contributed by atoms with E-state index in [9.17, 15) is 4.79 Å². The van der Waals surface area contributed by atoms with Crippen LogP contribution in [0.5, 0.6) is 0 Å². The molecule has 1 N–H and O–H groups in total. The van der Waals surface area contributed by atoms with Crippen molar-refractivity contribution in [1.82, 2.24) is 5.32 Å². The number of carbonyl (C=O) groups excluding carboxylic acids is 1. The summed E-state index contributed by atoms with van der Waals surface area (Å²) < 4.78 is 24.0. The third kappa shape index (κ3) is 2.90. The minimum Gasteiger partial charge on any atom is -0.380 e. The van der Waals surface area contributed by atoms with E-state index in [1.807, 2.05) is 0 Å². The summed E-state index contributed by atoms with van der Waals surface area (Å²) in [5.74, 6) is 0.0402. The number of hydrogen-bond donors (Lipinski definition) is 1. The predicted molar refractivity (Wildman–Crippen MR) is 106 cm³/mol. The molecule has 0 bridgehead atoms. The van der Waals surface area contributed by atoms with Gasteiger partial charge in [0, 0.05) is 45.8 Å². The van der Waals surface area contributed by atoms with Crippen LogP contribution in [-0.2, 0) is 23.7 Å². The van der Waals surface area contributed by atoms with E-state index in [0.717, 1.165) is 19.3 Å². The van der Waals surface area contributed by atoms with Gasteiger partial charge in [-0.3, -0.25) is 4.79 Å². The molecular formula is C21H34ClNO5. The Hall–Kier alpha value is -0.240. The molecule has 2 heterocycles. The Bertz CT molecular complexity index is 605. The van der Waals surface area contributed by atoms with Crippen LogP contribution in [0.4, 0.5) is 0 Å². The molecule has 11 atom stereocenters. The maximum Gasteiger partial charge on any atom is 0.175 e. The van der Waals surface area contributed by atoms with Gasteiger partial charge < -0.3 is 24.3 Å². The van der Waals surface area contributed by atoms with Crippen LogP contribution in [-0.4, -0.2) is 74.6 Å². The number of carbonyl (C=O) groups is 1. The molecule has 2 aliphatic carbocycles. The second-order valence-corrected chi connectivity index (χ2v) is 9.71. The number of alkyl halides is 1. The molecule has 1 spiro atoms. The number of ether oxygens (including phenoxy) is 4. The molecule has 4 fully saturated rings. The zero-order chi connectivity index (χ0) is 20.2. The summed E-state index contributed by atoms with van der Waals surface area (Å²) in [4.78, 5) is 13.9. The molecule has 4 aliphatic rings. The molecule has 4 rings (SSSR count). The van der Waals surface area contributed by atoms with Crippen molar-refractivity contribution in [3.8, 4) is 0 Å². The van der Waals surface area contributed by atoms with Crippen molar-refractivity contribution in [1.29, 1.82) is 0 Å². The Labute approximate surface area is 172 Å². The summed E-state index contributed by atoms with van der Waals surface area (Å²) in [5, 5.41) is 3.35. The van der Waals surface area contributed by atoms with Crippen LogP contribution in [0.25, 0.3) is 0 Å². The first-order valence-corrected chi connectivity index (χ1v) is 11.0. The fraction of sp³-hybridized carbons (Fsp3) is 0.952. The summed E-state index contributed by atoms with van der Waals surface area (Å²) in [6.07, 6.45) is 2.49. The fourth-order valence-corrected chi connectivity index (χ4v) is 6.90. The molecule has 0 aromatic carbocycles. The van der Waals surface area contributed by atoms with E-state index in [4.69, 9.17) is 30.5 Å². The van der Waals surface area contributed by atoms with Gasteiger partial charge in [-0.25, -0.2) is 0 Å². The summed E-state index contributed by atoms with van der Waals surface area (Å²) in [6.45, 7) is 4.35. The van der Waals surface area contributed by atoms with Crippen LogP contribution in [0.1, 0.15) is 39.5 Å². The number of rotatable bonds is 3. The maximum atomic E-state index is 13.9. The van der Waals surface area contributed by atoms with E-state index in [0.29, 0.717) is 18.5 Å². The second kappa shape index (κ2) is 7.78. The lowest BCUT2D eigenvalue weighted by Gasteiger charge is -2.53. The molecular weight excluding hydrogens is 382 g/mol. The number of ketones is 1. The smallest absolute Gasteiger partial charge is 0.175 e.